The Hall–Kier alpha value is -2.20. The van der Waals surface area contributed by atoms with Crippen LogP contribution in [0.2, 0.25) is 0 Å². The molecule has 0 bridgehead atoms. The van der Waals surface area contributed by atoms with Crippen LogP contribution in [-0.2, 0) is 0 Å². The predicted octanol–water partition coefficient (Wildman–Crippen LogP) is 4.87. The van der Waals surface area contributed by atoms with Crippen molar-refractivity contribution in [2.75, 3.05) is 5.32 Å². The van der Waals surface area contributed by atoms with Gasteiger partial charge in [0.2, 0.25) is 0 Å². The number of nitrogens with one attached hydrogen (secondary N) is 1. The topological polar surface area (TPSA) is 37.8 Å². The molecule has 3 aromatic rings. The van der Waals surface area contributed by atoms with E-state index in [2.05, 4.69) is 52.7 Å². The van der Waals surface area contributed by atoms with E-state index >= 15 is 0 Å². The third-order valence-corrected chi connectivity index (χ3v) is 4.15. The molecule has 0 atom stereocenters. The molecule has 2 heterocycles. The molecule has 0 unspecified atom stereocenters. The highest BCUT2D eigenvalue weighted by atomic mass is 32.1. The number of hydrogen-bond acceptors (Lipinski definition) is 4. The summed E-state index contributed by atoms with van der Waals surface area (Å²) in [5.41, 5.74) is 5.83. The molecule has 0 saturated carbocycles. The molecule has 1 N–H and O–H groups in total. The molecule has 0 aliphatic rings. The van der Waals surface area contributed by atoms with E-state index < -0.39 is 0 Å². The van der Waals surface area contributed by atoms with Gasteiger partial charge in [-0.15, -0.1) is 11.3 Å². The summed E-state index contributed by atoms with van der Waals surface area (Å²) in [5.74, 6) is 0.860. The highest BCUT2D eigenvalue weighted by Gasteiger charge is 2.08. The van der Waals surface area contributed by atoms with E-state index in [4.69, 9.17) is 0 Å². The van der Waals surface area contributed by atoms with Crippen LogP contribution in [0.3, 0.4) is 0 Å². The van der Waals surface area contributed by atoms with Crippen LogP contribution >= 0.6 is 11.3 Å². The van der Waals surface area contributed by atoms with Gasteiger partial charge in [0.25, 0.3) is 0 Å². The van der Waals surface area contributed by atoms with Gasteiger partial charge in [0.1, 0.15) is 5.82 Å². The molecule has 0 aliphatic carbocycles. The van der Waals surface area contributed by atoms with Crippen LogP contribution in [0, 0.1) is 20.8 Å². The molecule has 0 fully saturated rings. The standard InChI is InChI=1S/C17H17N3S/c1-11-6-7-14(13(3)9-11)15-10-21-17(19-15)20-16-12(2)5-4-8-18-16/h4-10H,1-3H3,(H,18,19,20). The maximum absolute atomic E-state index is 4.67. The van der Waals surface area contributed by atoms with Crippen LogP contribution in [0.5, 0.6) is 0 Å². The Labute approximate surface area is 128 Å². The summed E-state index contributed by atoms with van der Waals surface area (Å²) in [6.45, 7) is 6.26. The van der Waals surface area contributed by atoms with Gasteiger partial charge in [0, 0.05) is 17.1 Å². The van der Waals surface area contributed by atoms with Crippen LogP contribution in [0.1, 0.15) is 16.7 Å². The van der Waals surface area contributed by atoms with Crippen molar-refractivity contribution in [3.05, 3.63) is 58.6 Å². The lowest BCUT2D eigenvalue weighted by Crippen LogP contribution is -1.95. The summed E-state index contributed by atoms with van der Waals surface area (Å²) in [4.78, 5) is 9.02. The predicted molar refractivity (Wildman–Crippen MR) is 89.3 cm³/mol. The fraction of sp³-hybridized carbons (Fsp3) is 0.176. The Morgan fingerprint density at radius 1 is 1.05 bits per heavy atom. The van der Waals surface area contributed by atoms with Crippen molar-refractivity contribution in [3.8, 4) is 11.3 Å². The minimum Gasteiger partial charge on any atom is -0.316 e. The Morgan fingerprint density at radius 3 is 2.67 bits per heavy atom. The average Bonchev–Trinajstić information content (AvgIpc) is 2.90. The highest BCUT2D eigenvalue weighted by molar-refractivity contribution is 7.14. The van der Waals surface area contributed by atoms with Gasteiger partial charge >= 0.3 is 0 Å². The molecular formula is C17H17N3S. The summed E-state index contributed by atoms with van der Waals surface area (Å²) < 4.78 is 0. The van der Waals surface area contributed by atoms with Crippen LogP contribution in [0.15, 0.2) is 41.9 Å². The van der Waals surface area contributed by atoms with Crippen LogP contribution in [0.25, 0.3) is 11.3 Å². The lowest BCUT2D eigenvalue weighted by atomic mass is 10.0. The molecule has 3 nitrogen and oxygen atoms in total. The molecule has 21 heavy (non-hydrogen) atoms. The molecule has 4 heteroatoms. The van der Waals surface area contributed by atoms with E-state index in [-0.39, 0.29) is 0 Å². The third-order valence-electron chi connectivity index (χ3n) is 3.40. The van der Waals surface area contributed by atoms with E-state index in [1.807, 2.05) is 19.1 Å². The van der Waals surface area contributed by atoms with Crippen molar-refractivity contribution in [2.45, 2.75) is 20.8 Å². The van der Waals surface area contributed by atoms with Gasteiger partial charge in [-0.1, -0.05) is 29.8 Å². The molecule has 106 valence electrons. The monoisotopic (exact) mass is 295 g/mol. The van der Waals surface area contributed by atoms with Gasteiger partial charge in [0.05, 0.1) is 5.69 Å². The summed E-state index contributed by atoms with van der Waals surface area (Å²) >= 11 is 1.60. The van der Waals surface area contributed by atoms with Gasteiger partial charge in [0.15, 0.2) is 5.13 Å². The largest absolute Gasteiger partial charge is 0.316 e. The first-order valence-electron chi connectivity index (χ1n) is 6.85. The number of pyridine rings is 1. The Morgan fingerprint density at radius 2 is 1.90 bits per heavy atom. The first kappa shape index (κ1) is 13.8. The molecule has 0 radical (unpaired) electrons. The number of thiazole rings is 1. The Bertz CT molecular complexity index is 777. The zero-order chi connectivity index (χ0) is 14.8. The van der Waals surface area contributed by atoms with E-state index in [1.54, 1.807) is 17.5 Å². The number of rotatable bonds is 3. The molecule has 0 spiro atoms. The number of benzene rings is 1. The van der Waals surface area contributed by atoms with E-state index in [9.17, 15) is 0 Å². The molecule has 1 aromatic carbocycles. The summed E-state index contributed by atoms with van der Waals surface area (Å²) in [7, 11) is 0. The zero-order valence-corrected chi connectivity index (χ0v) is 13.2. The van der Waals surface area contributed by atoms with Crippen molar-refractivity contribution in [2.24, 2.45) is 0 Å². The second kappa shape index (κ2) is 5.66. The number of aryl methyl sites for hydroxylation is 3. The lowest BCUT2D eigenvalue weighted by Gasteiger charge is -2.05. The second-order valence-corrected chi connectivity index (χ2v) is 6.01. The van der Waals surface area contributed by atoms with Crippen LogP contribution in [0.4, 0.5) is 10.9 Å². The summed E-state index contributed by atoms with van der Waals surface area (Å²) in [6.07, 6.45) is 1.79. The molecular weight excluding hydrogens is 278 g/mol. The maximum atomic E-state index is 4.67. The number of hydrogen-bond donors (Lipinski definition) is 1. The number of nitrogens with zero attached hydrogens (tertiary/aromatic N) is 2. The van der Waals surface area contributed by atoms with Crippen molar-refractivity contribution in [1.82, 2.24) is 9.97 Å². The minimum absolute atomic E-state index is 0.860. The quantitative estimate of drug-likeness (QED) is 0.748. The molecule has 0 saturated heterocycles. The first-order chi connectivity index (χ1) is 10.1. The van der Waals surface area contributed by atoms with Crippen LogP contribution in [-0.4, -0.2) is 9.97 Å². The Balaban J connectivity index is 1.88. The molecule has 0 aliphatic heterocycles. The number of aromatic nitrogens is 2. The first-order valence-corrected chi connectivity index (χ1v) is 7.73. The number of anilines is 2. The van der Waals surface area contributed by atoms with Crippen molar-refractivity contribution in [1.29, 1.82) is 0 Å². The Kier molecular flexibility index (Phi) is 3.71. The fourth-order valence-corrected chi connectivity index (χ4v) is 2.98. The minimum atomic E-state index is 0.860. The van der Waals surface area contributed by atoms with Gasteiger partial charge in [-0.05, 0) is 38.0 Å². The maximum Gasteiger partial charge on any atom is 0.188 e. The zero-order valence-electron chi connectivity index (χ0n) is 12.3. The molecule has 2 aromatic heterocycles. The van der Waals surface area contributed by atoms with Gasteiger partial charge < -0.3 is 5.32 Å². The average molecular weight is 295 g/mol. The van der Waals surface area contributed by atoms with E-state index in [0.717, 1.165) is 22.2 Å². The van der Waals surface area contributed by atoms with Gasteiger partial charge in [-0.3, -0.25) is 0 Å². The fourth-order valence-electron chi connectivity index (χ4n) is 2.27. The van der Waals surface area contributed by atoms with Crippen molar-refractivity contribution >= 4 is 22.3 Å². The SMILES string of the molecule is Cc1ccc(-c2csc(Nc3ncccc3C)n2)c(C)c1. The smallest absolute Gasteiger partial charge is 0.188 e. The van der Waals surface area contributed by atoms with Crippen molar-refractivity contribution < 1.29 is 0 Å². The van der Waals surface area contributed by atoms with Gasteiger partial charge in [-0.2, -0.15) is 0 Å². The highest BCUT2D eigenvalue weighted by Crippen LogP contribution is 2.29. The van der Waals surface area contributed by atoms with Crippen LogP contribution < -0.4 is 5.32 Å². The van der Waals surface area contributed by atoms with E-state index in [1.165, 1.54) is 16.7 Å². The molecule has 0 amide bonds. The second-order valence-electron chi connectivity index (χ2n) is 5.15. The lowest BCUT2D eigenvalue weighted by molar-refractivity contribution is 1.24. The summed E-state index contributed by atoms with van der Waals surface area (Å²) in [5, 5.41) is 6.24. The third kappa shape index (κ3) is 2.95. The van der Waals surface area contributed by atoms with Crippen molar-refractivity contribution in [3.63, 3.8) is 0 Å². The normalized spacial score (nSPS) is 10.6. The summed E-state index contributed by atoms with van der Waals surface area (Å²) in [6, 6.07) is 10.4. The molecule has 3 rings (SSSR count). The van der Waals surface area contributed by atoms with E-state index in [0.29, 0.717) is 0 Å². The van der Waals surface area contributed by atoms with Gasteiger partial charge in [-0.25, -0.2) is 9.97 Å².